The van der Waals surface area contributed by atoms with E-state index in [2.05, 4.69) is 32.0 Å². The minimum atomic E-state index is -0.685. The van der Waals surface area contributed by atoms with E-state index in [-0.39, 0.29) is 22.6 Å². The third-order valence-electron chi connectivity index (χ3n) is 9.92. The van der Waals surface area contributed by atoms with Crippen molar-refractivity contribution in [3.8, 4) is 22.6 Å². The van der Waals surface area contributed by atoms with E-state index in [0.717, 1.165) is 72.9 Å². The van der Waals surface area contributed by atoms with Crippen LogP contribution in [0.3, 0.4) is 0 Å². The molecule has 5 heteroatoms. The molecule has 0 radical (unpaired) electrons. The lowest BCUT2D eigenvalue weighted by atomic mass is 9.57. The largest absolute Gasteiger partial charge is 0.497 e. The maximum absolute atomic E-state index is 15.1. The van der Waals surface area contributed by atoms with Gasteiger partial charge in [-0.2, -0.15) is 0 Å². The summed E-state index contributed by atoms with van der Waals surface area (Å²) in [6, 6.07) is 17.4. The number of rotatable bonds is 7. The fourth-order valence-corrected chi connectivity index (χ4v) is 7.58. The van der Waals surface area contributed by atoms with Gasteiger partial charge >= 0.3 is 5.97 Å². The monoisotopic (exact) mass is 528 g/mol. The Labute approximate surface area is 230 Å². The van der Waals surface area contributed by atoms with E-state index in [4.69, 9.17) is 9.47 Å². The van der Waals surface area contributed by atoms with Crippen LogP contribution in [0, 0.1) is 17.2 Å². The molecule has 1 N–H and O–H groups in total. The van der Waals surface area contributed by atoms with Gasteiger partial charge < -0.3 is 14.6 Å². The standard InChI is InChI=1S/C34H37FO4/c1-33(2)14-4-5-28(33)26-17-21(6-10-25(26)27-18-23(38-3)9-11-31(27)35)20-39-24-8-7-22-12-15-34(30(22)19-24)16-13-29(34)32(36)37/h6-11,17-19,28-29H,4-5,12-16,20H2,1-3H3,(H,36,37)/t28-,29-,34+/m0/s1. The highest BCUT2D eigenvalue weighted by atomic mass is 19.1. The Balaban J connectivity index is 1.31. The second kappa shape index (κ2) is 9.69. The van der Waals surface area contributed by atoms with Crippen molar-refractivity contribution in [3.63, 3.8) is 0 Å². The number of aliphatic carboxylic acids is 1. The van der Waals surface area contributed by atoms with E-state index in [9.17, 15) is 9.90 Å². The molecule has 3 aromatic rings. The van der Waals surface area contributed by atoms with Crippen LogP contribution < -0.4 is 9.47 Å². The van der Waals surface area contributed by atoms with Crippen molar-refractivity contribution in [2.45, 2.75) is 76.7 Å². The molecular formula is C34H37FO4. The van der Waals surface area contributed by atoms with Crippen LogP contribution in [0.5, 0.6) is 11.5 Å². The van der Waals surface area contributed by atoms with E-state index in [1.165, 1.54) is 11.6 Å². The summed E-state index contributed by atoms with van der Waals surface area (Å²) >= 11 is 0. The number of carboxylic acids is 1. The molecule has 0 amide bonds. The van der Waals surface area contributed by atoms with Crippen LogP contribution in [-0.2, 0) is 23.2 Å². The molecule has 0 unspecified atom stereocenters. The van der Waals surface area contributed by atoms with Crippen molar-refractivity contribution in [1.29, 1.82) is 0 Å². The molecule has 3 aliphatic carbocycles. The van der Waals surface area contributed by atoms with Gasteiger partial charge in [0.05, 0.1) is 13.0 Å². The molecule has 0 heterocycles. The van der Waals surface area contributed by atoms with Crippen LogP contribution in [-0.4, -0.2) is 18.2 Å². The van der Waals surface area contributed by atoms with E-state index in [0.29, 0.717) is 23.8 Å². The molecule has 0 saturated heterocycles. The van der Waals surface area contributed by atoms with Gasteiger partial charge in [0.15, 0.2) is 0 Å². The summed E-state index contributed by atoms with van der Waals surface area (Å²) in [6.07, 6.45) is 6.91. The molecule has 4 nitrogen and oxygen atoms in total. The molecule has 3 aromatic carbocycles. The summed E-state index contributed by atoms with van der Waals surface area (Å²) in [4.78, 5) is 11.9. The number of aryl methyl sites for hydroxylation is 1. The van der Waals surface area contributed by atoms with Crippen LogP contribution in [0.25, 0.3) is 11.1 Å². The van der Waals surface area contributed by atoms with Gasteiger partial charge in [-0.25, -0.2) is 4.39 Å². The second-order valence-corrected chi connectivity index (χ2v) is 12.4. The summed E-state index contributed by atoms with van der Waals surface area (Å²) in [5.74, 6) is 0.508. The van der Waals surface area contributed by atoms with Crippen LogP contribution in [0.15, 0.2) is 54.6 Å². The third kappa shape index (κ3) is 4.40. The third-order valence-corrected chi connectivity index (χ3v) is 9.92. The molecule has 3 aliphatic rings. The number of hydrogen-bond donors (Lipinski definition) is 1. The highest BCUT2D eigenvalue weighted by molar-refractivity contribution is 5.75. The number of methoxy groups -OCH3 is 1. The van der Waals surface area contributed by atoms with Gasteiger partial charge in [0.2, 0.25) is 0 Å². The lowest BCUT2D eigenvalue weighted by Crippen LogP contribution is -2.46. The van der Waals surface area contributed by atoms with Crippen molar-refractivity contribution >= 4 is 5.97 Å². The SMILES string of the molecule is COc1ccc(F)c(-c2ccc(COc3ccc4c(c3)[C@]3(CC4)CC[C@H]3C(=O)O)cc2[C@@H]2CCCC2(C)C)c1. The summed E-state index contributed by atoms with van der Waals surface area (Å²) in [5.41, 5.74) is 6.00. The van der Waals surface area contributed by atoms with Crippen LogP contribution in [0.1, 0.15) is 80.5 Å². The molecule has 0 aliphatic heterocycles. The first-order chi connectivity index (χ1) is 18.7. The Morgan fingerprint density at radius 3 is 2.49 bits per heavy atom. The summed E-state index contributed by atoms with van der Waals surface area (Å²) in [6.45, 7) is 5.02. The molecule has 0 bridgehead atoms. The minimum absolute atomic E-state index is 0.126. The van der Waals surface area contributed by atoms with E-state index < -0.39 is 5.97 Å². The van der Waals surface area contributed by atoms with Crippen molar-refractivity contribution in [1.82, 2.24) is 0 Å². The molecular weight excluding hydrogens is 491 g/mol. The van der Waals surface area contributed by atoms with Gasteiger partial charge in [-0.1, -0.05) is 44.5 Å². The molecule has 2 fully saturated rings. The Morgan fingerprint density at radius 1 is 0.974 bits per heavy atom. The quantitative estimate of drug-likeness (QED) is 0.337. The van der Waals surface area contributed by atoms with Gasteiger partial charge in [-0.3, -0.25) is 4.79 Å². The molecule has 2 saturated carbocycles. The van der Waals surface area contributed by atoms with Gasteiger partial charge in [-0.05, 0) is 108 Å². The van der Waals surface area contributed by atoms with E-state index in [1.54, 1.807) is 19.2 Å². The first-order valence-corrected chi connectivity index (χ1v) is 14.2. The van der Waals surface area contributed by atoms with Crippen LogP contribution in [0.4, 0.5) is 4.39 Å². The number of carbonyl (C=O) groups is 1. The maximum Gasteiger partial charge on any atom is 0.307 e. The lowest BCUT2D eigenvalue weighted by Gasteiger charge is -2.45. The molecule has 0 aromatic heterocycles. The van der Waals surface area contributed by atoms with Crippen LogP contribution in [0.2, 0.25) is 0 Å². The minimum Gasteiger partial charge on any atom is -0.497 e. The van der Waals surface area contributed by atoms with Crippen molar-refractivity contribution in [3.05, 3.63) is 82.7 Å². The Hall–Kier alpha value is -3.34. The number of fused-ring (bicyclic) bond motifs is 2. The molecule has 3 atom stereocenters. The van der Waals surface area contributed by atoms with Gasteiger partial charge in [-0.15, -0.1) is 0 Å². The van der Waals surface area contributed by atoms with Crippen LogP contribution >= 0.6 is 0 Å². The topological polar surface area (TPSA) is 55.8 Å². The smallest absolute Gasteiger partial charge is 0.307 e. The highest BCUT2D eigenvalue weighted by Gasteiger charge is 2.54. The number of benzene rings is 3. The molecule has 6 rings (SSSR count). The summed E-state index contributed by atoms with van der Waals surface area (Å²) in [7, 11) is 1.60. The first-order valence-electron chi connectivity index (χ1n) is 14.2. The zero-order valence-electron chi connectivity index (χ0n) is 23.1. The zero-order valence-corrected chi connectivity index (χ0v) is 23.1. The van der Waals surface area contributed by atoms with Gasteiger partial charge in [0, 0.05) is 11.0 Å². The van der Waals surface area contributed by atoms with Gasteiger partial charge in [0.1, 0.15) is 23.9 Å². The Kier molecular flexibility index (Phi) is 6.44. The summed E-state index contributed by atoms with van der Waals surface area (Å²) < 4.78 is 26.8. The highest BCUT2D eigenvalue weighted by Crippen LogP contribution is 2.57. The Bertz CT molecular complexity index is 1430. The summed E-state index contributed by atoms with van der Waals surface area (Å²) in [5, 5.41) is 9.75. The van der Waals surface area contributed by atoms with Crippen molar-refractivity contribution in [2.75, 3.05) is 7.11 Å². The predicted molar refractivity (Wildman–Crippen MR) is 150 cm³/mol. The average Bonchev–Trinajstić information content (AvgIpc) is 3.47. The average molecular weight is 529 g/mol. The van der Waals surface area contributed by atoms with Crippen molar-refractivity contribution < 1.29 is 23.8 Å². The van der Waals surface area contributed by atoms with E-state index >= 15 is 4.39 Å². The number of hydrogen-bond acceptors (Lipinski definition) is 3. The fourth-order valence-electron chi connectivity index (χ4n) is 7.58. The predicted octanol–water partition coefficient (Wildman–Crippen LogP) is 8.05. The normalized spacial score (nSPS) is 24.8. The van der Waals surface area contributed by atoms with E-state index in [1.807, 2.05) is 18.2 Å². The maximum atomic E-state index is 15.1. The molecule has 204 valence electrons. The fraction of sp³-hybridized carbons (Fsp3) is 0.441. The Morgan fingerprint density at radius 2 is 1.79 bits per heavy atom. The molecule has 1 spiro atoms. The number of carboxylic acid groups (broad SMARTS) is 1. The van der Waals surface area contributed by atoms with Gasteiger partial charge in [0.25, 0.3) is 0 Å². The first kappa shape index (κ1) is 25.9. The number of halogens is 1. The number of ether oxygens (including phenoxy) is 2. The van der Waals surface area contributed by atoms with Crippen molar-refractivity contribution in [2.24, 2.45) is 11.3 Å². The lowest BCUT2D eigenvalue weighted by molar-refractivity contribution is -0.149. The zero-order chi connectivity index (χ0) is 27.4. The second-order valence-electron chi connectivity index (χ2n) is 12.4. The molecule has 39 heavy (non-hydrogen) atoms.